The highest BCUT2D eigenvalue weighted by atomic mass is 16.5. The van der Waals surface area contributed by atoms with E-state index >= 15 is 0 Å². The lowest BCUT2D eigenvalue weighted by Gasteiger charge is -2.06. The number of nitrogens with two attached hydrogens (primary N) is 1. The molecule has 0 aliphatic carbocycles. The number of nitrogen functional groups attached to an aromatic ring is 1. The fourth-order valence-electron chi connectivity index (χ4n) is 2.18. The molecule has 0 radical (unpaired) electrons. The average Bonchev–Trinajstić information content (AvgIpc) is 2.85. The van der Waals surface area contributed by atoms with E-state index in [0.29, 0.717) is 17.0 Å². The topological polar surface area (TPSA) is 113 Å². The van der Waals surface area contributed by atoms with Crippen molar-refractivity contribution in [3.8, 4) is 0 Å². The Bertz CT molecular complexity index is 938. The predicted octanol–water partition coefficient (Wildman–Crippen LogP) is 1.24. The Labute approximate surface area is 130 Å². The molecule has 0 aromatic carbocycles. The van der Waals surface area contributed by atoms with Crippen molar-refractivity contribution in [3.05, 3.63) is 57.3 Å². The van der Waals surface area contributed by atoms with E-state index in [0.717, 1.165) is 5.56 Å². The Kier molecular flexibility index (Phi) is 3.57. The van der Waals surface area contributed by atoms with E-state index in [2.05, 4.69) is 10.1 Å². The summed E-state index contributed by atoms with van der Waals surface area (Å²) >= 11 is 0. The van der Waals surface area contributed by atoms with Gasteiger partial charge in [-0.3, -0.25) is 9.20 Å². The molecule has 2 N–H and O–H groups in total. The third-order valence-electron chi connectivity index (χ3n) is 3.30. The van der Waals surface area contributed by atoms with Crippen molar-refractivity contribution in [1.82, 2.24) is 14.5 Å². The van der Waals surface area contributed by atoms with E-state index in [1.807, 2.05) is 13.0 Å². The summed E-state index contributed by atoms with van der Waals surface area (Å²) < 4.78 is 11.3. The second-order valence-electron chi connectivity index (χ2n) is 5.10. The molecule has 118 valence electrons. The minimum Gasteiger partial charge on any atom is -0.455 e. The van der Waals surface area contributed by atoms with Gasteiger partial charge in [0, 0.05) is 12.3 Å². The van der Waals surface area contributed by atoms with Gasteiger partial charge in [-0.15, -0.1) is 0 Å². The maximum absolute atomic E-state index is 12.1. The second-order valence-corrected chi connectivity index (χ2v) is 5.10. The molecule has 0 aliphatic rings. The van der Waals surface area contributed by atoms with Crippen LogP contribution < -0.4 is 11.3 Å². The van der Waals surface area contributed by atoms with Gasteiger partial charge in [0.05, 0.1) is 11.4 Å². The summed E-state index contributed by atoms with van der Waals surface area (Å²) in [5.74, 6) is -0.776. The highest BCUT2D eigenvalue weighted by Gasteiger charge is 2.20. The summed E-state index contributed by atoms with van der Waals surface area (Å²) in [5.41, 5.74) is 7.48. The van der Waals surface area contributed by atoms with Crippen LogP contribution >= 0.6 is 0 Å². The first-order valence-corrected chi connectivity index (χ1v) is 6.83. The first-order chi connectivity index (χ1) is 11.0. The molecule has 0 amide bonds. The first-order valence-electron chi connectivity index (χ1n) is 6.83. The van der Waals surface area contributed by atoms with E-state index < -0.39 is 5.97 Å². The number of rotatable bonds is 3. The van der Waals surface area contributed by atoms with Crippen molar-refractivity contribution >= 4 is 17.5 Å². The normalized spacial score (nSPS) is 10.9. The third-order valence-corrected chi connectivity index (χ3v) is 3.30. The largest absolute Gasteiger partial charge is 0.455 e. The van der Waals surface area contributed by atoms with Gasteiger partial charge in [-0.05, 0) is 25.5 Å². The minimum atomic E-state index is -0.674. The van der Waals surface area contributed by atoms with Crippen LogP contribution in [0.5, 0.6) is 0 Å². The molecule has 0 saturated heterocycles. The van der Waals surface area contributed by atoms with Crippen molar-refractivity contribution in [2.24, 2.45) is 0 Å². The van der Waals surface area contributed by atoms with Crippen molar-refractivity contribution in [3.63, 3.8) is 0 Å². The number of fused-ring (bicyclic) bond motifs is 1. The molecule has 23 heavy (non-hydrogen) atoms. The zero-order valence-corrected chi connectivity index (χ0v) is 12.6. The number of aryl methyl sites for hydroxylation is 2. The van der Waals surface area contributed by atoms with Gasteiger partial charge in [-0.2, -0.15) is 0 Å². The van der Waals surface area contributed by atoms with Crippen LogP contribution in [0.1, 0.15) is 27.3 Å². The van der Waals surface area contributed by atoms with Gasteiger partial charge in [0.2, 0.25) is 5.88 Å². The molecule has 0 saturated carbocycles. The van der Waals surface area contributed by atoms with E-state index in [9.17, 15) is 9.59 Å². The minimum absolute atomic E-state index is 0.0816. The van der Waals surface area contributed by atoms with Crippen molar-refractivity contribution in [2.45, 2.75) is 20.5 Å². The summed E-state index contributed by atoms with van der Waals surface area (Å²) in [6.45, 7) is 3.31. The van der Waals surface area contributed by atoms with Gasteiger partial charge in [-0.1, -0.05) is 11.2 Å². The number of hydrogen-bond donors (Lipinski definition) is 1. The van der Waals surface area contributed by atoms with Gasteiger partial charge in [0.15, 0.2) is 0 Å². The van der Waals surface area contributed by atoms with Gasteiger partial charge < -0.3 is 15.0 Å². The Hall–Kier alpha value is -3.16. The maximum Gasteiger partial charge on any atom is 0.346 e. The number of pyridine rings is 1. The maximum atomic E-state index is 12.1. The van der Waals surface area contributed by atoms with E-state index in [4.69, 9.17) is 15.0 Å². The van der Waals surface area contributed by atoms with Crippen LogP contribution in [0.15, 0.2) is 33.7 Å². The average molecular weight is 314 g/mol. The standard InChI is InChI=1S/C15H14N4O4/c1-8-3-4-11-17-10(5-12(20)19(11)6-8)7-22-15(21)13-9(2)18-23-14(13)16/h3-6H,7,16H2,1-2H3. The Morgan fingerprint density at radius 1 is 1.39 bits per heavy atom. The third kappa shape index (κ3) is 2.78. The number of carbonyl (C=O) groups excluding carboxylic acids is 1. The SMILES string of the molecule is Cc1ccc2nc(COC(=O)c3c(C)noc3N)cc(=O)n2c1. The smallest absolute Gasteiger partial charge is 0.346 e. The van der Waals surface area contributed by atoms with Crippen LogP contribution in [-0.4, -0.2) is 20.5 Å². The molecule has 8 nitrogen and oxygen atoms in total. The predicted molar refractivity (Wildman–Crippen MR) is 81.0 cm³/mol. The van der Waals surface area contributed by atoms with E-state index in [-0.39, 0.29) is 23.6 Å². The number of carbonyl (C=O) groups is 1. The highest BCUT2D eigenvalue weighted by Crippen LogP contribution is 2.17. The molecule has 0 atom stereocenters. The van der Waals surface area contributed by atoms with Crippen LogP contribution in [0.3, 0.4) is 0 Å². The molecule has 0 spiro atoms. The fourth-order valence-corrected chi connectivity index (χ4v) is 2.18. The summed E-state index contributed by atoms with van der Waals surface area (Å²) in [6.07, 6.45) is 1.70. The van der Waals surface area contributed by atoms with Crippen LogP contribution in [0.2, 0.25) is 0 Å². The summed E-state index contributed by atoms with van der Waals surface area (Å²) in [7, 11) is 0. The summed E-state index contributed by atoms with van der Waals surface area (Å²) in [5, 5.41) is 3.59. The molecule has 0 bridgehead atoms. The number of esters is 1. The van der Waals surface area contributed by atoms with Crippen molar-refractivity contribution in [1.29, 1.82) is 0 Å². The zero-order valence-electron chi connectivity index (χ0n) is 12.6. The Morgan fingerprint density at radius 3 is 2.87 bits per heavy atom. The lowest BCUT2D eigenvalue weighted by Crippen LogP contribution is -2.17. The summed E-state index contributed by atoms with van der Waals surface area (Å²) in [6, 6.07) is 4.90. The molecule has 0 fully saturated rings. The molecule has 3 heterocycles. The lowest BCUT2D eigenvalue weighted by atomic mass is 10.2. The first kappa shape index (κ1) is 14.8. The Balaban J connectivity index is 1.84. The quantitative estimate of drug-likeness (QED) is 0.723. The summed E-state index contributed by atoms with van der Waals surface area (Å²) in [4.78, 5) is 28.4. The Morgan fingerprint density at radius 2 is 2.17 bits per heavy atom. The van der Waals surface area contributed by atoms with E-state index in [1.54, 1.807) is 19.2 Å². The van der Waals surface area contributed by atoms with Crippen LogP contribution in [0, 0.1) is 13.8 Å². The van der Waals surface area contributed by atoms with Crippen LogP contribution in [0.25, 0.3) is 5.65 Å². The van der Waals surface area contributed by atoms with Crippen molar-refractivity contribution < 1.29 is 14.1 Å². The molecular formula is C15H14N4O4. The van der Waals surface area contributed by atoms with Crippen LogP contribution in [-0.2, 0) is 11.3 Å². The van der Waals surface area contributed by atoms with Crippen LogP contribution in [0.4, 0.5) is 5.88 Å². The van der Waals surface area contributed by atoms with E-state index in [1.165, 1.54) is 10.5 Å². The fraction of sp³-hybridized carbons (Fsp3) is 0.200. The van der Waals surface area contributed by atoms with Crippen molar-refractivity contribution in [2.75, 3.05) is 5.73 Å². The molecule has 8 heteroatoms. The number of anilines is 1. The van der Waals surface area contributed by atoms with Gasteiger partial charge in [0.1, 0.15) is 17.8 Å². The monoisotopic (exact) mass is 314 g/mol. The lowest BCUT2D eigenvalue weighted by molar-refractivity contribution is 0.0467. The zero-order chi connectivity index (χ0) is 16.6. The number of aromatic nitrogens is 3. The molecule has 0 aliphatic heterocycles. The van der Waals surface area contributed by atoms with Gasteiger partial charge in [0.25, 0.3) is 5.56 Å². The molecule has 3 aromatic heterocycles. The molecule has 3 aromatic rings. The molecular weight excluding hydrogens is 300 g/mol. The molecule has 0 unspecified atom stereocenters. The highest BCUT2D eigenvalue weighted by molar-refractivity contribution is 5.94. The molecule has 3 rings (SSSR count). The number of nitrogens with zero attached hydrogens (tertiary/aromatic N) is 3. The van der Waals surface area contributed by atoms with Gasteiger partial charge >= 0.3 is 5.97 Å². The number of ether oxygens (including phenoxy) is 1. The van der Waals surface area contributed by atoms with Gasteiger partial charge in [-0.25, -0.2) is 9.78 Å². The second kappa shape index (κ2) is 5.56. The number of hydrogen-bond acceptors (Lipinski definition) is 7.